The second-order valence-corrected chi connectivity index (χ2v) is 4.04. The molecule has 0 fully saturated rings. The zero-order valence-corrected chi connectivity index (χ0v) is 9.18. The Morgan fingerprint density at radius 3 is 2.88 bits per heavy atom. The molecule has 4 N–H and O–H groups in total. The van der Waals surface area contributed by atoms with E-state index in [9.17, 15) is 4.79 Å². The molecule has 0 saturated carbocycles. The minimum Gasteiger partial charge on any atom is -0.368 e. The number of fused-ring (bicyclic) bond motifs is 1. The number of nitrogens with two attached hydrogens (primary N) is 2. The fourth-order valence-electron chi connectivity index (χ4n) is 1.78. The molecule has 1 heterocycles. The van der Waals surface area contributed by atoms with Crippen molar-refractivity contribution in [2.75, 3.05) is 0 Å². The lowest BCUT2D eigenvalue weighted by atomic mass is 10.2. The number of carbonyl (C=O) groups excluding carboxylic acids is 1. The van der Waals surface area contributed by atoms with Crippen molar-refractivity contribution < 1.29 is 4.79 Å². The third kappa shape index (κ3) is 1.92. The minimum atomic E-state index is -0.642. The van der Waals surface area contributed by atoms with Gasteiger partial charge < -0.3 is 16.0 Å². The largest absolute Gasteiger partial charge is 0.368 e. The predicted octanol–water partition coefficient (Wildman–Crippen LogP) is 0.762. The van der Waals surface area contributed by atoms with Gasteiger partial charge >= 0.3 is 0 Å². The van der Waals surface area contributed by atoms with Gasteiger partial charge in [0.25, 0.3) is 0 Å². The molecule has 2 rings (SSSR count). The average molecular weight is 217 g/mol. The number of carbonyl (C=O) groups is 1. The van der Waals surface area contributed by atoms with Gasteiger partial charge in [0.05, 0.1) is 0 Å². The lowest BCUT2D eigenvalue weighted by molar-refractivity contribution is -0.119. The monoisotopic (exact) mass is 217 g/mol. The van der Waals surface area contributed by atoms with Crippen LogP contribution in [0.2, 0.25) is 0 Å². The SMILES string of the molecule is Cc1ccc2c(ccn2CC(N)C(N)=O)c1. The number of rotatable bonds is 3. The van der Waals surface area contributed by atoms with Crippen molar-refractivity contribution in [3.05, 3.63) is 36.0 Å². The van der Waals surface area contributed by atoms with Crippen molar-refractivity contribution in [3.8, 4) is 0 Å². The molecule has 1 atom stereocenters. The molecule has 4 nitrogen and oxygen atoms in total. The van der Waals surface area contributed by atoms with E-state index in [0.717, 1.165) is 10.9 Å². The molecule has 0 spiro atoms. The smallest absolute Gasteiger partial charge is 0.236 e. The average Bonchev–Trinajstić information content (AvgIpc) is 2.60. The Morgan fingerprint density at radius 2 is 2.19 bits per heavy atom. The summed E-state index contributed by atoms with van der Waals surface area (Å²) in [6.07, 6.45) is 1.92. The standard InChI is InChI=1S/C12H15N3O/c1-8-2-3-11-9(6-8)4-5-15(11)7-10(13)12(14)16/h2-6,10H,7,13H2,1H3,(H2,14,16). The molecule has 1 aromatic carbocycles. The molecular weight excluding hydrogens is 202 g/mol. The molecule has 84 valence electrons. The van der Waals surface area contributed by atoms with Crippen molar-refractivity contribution in [1.29, 1.82) is 0 Å². The molecule has 1 amide bonds. The van der Waals surface area contributed by atoms with E-state index >= 15 is 0 Å². The van der Waals surface area contributed by atoms with Crippen molar-refractivity contribution >= 4 is 16.8 Å². The van der Waals surface area contributed by atoms with Crippen molar-refractivity contribution in [2.45, 2.75) is 19.5 Å². The van der Waals surface area contributed by atoms with Gasteiger partial charge in [-0.05, 0) is 30.5 Å². The van der Waals surface area contributed by atoms with Crippen molar-refractivity contribution in [1.82, 2.24) is 4.57 Å². The van der Waals surface area contributed by atoms with E-state index in [4.69, 9.17) is 11.5 Å². The van der Waals surface area contributed by atoms with Gasteiger partial charge in [0, 0.05) is 18.3 Å². The highest BCUT2D eigenvalue weighted by molar-refractivity contribution is 5.82. The molecule has 16 heavy (non-hydrogen) atoms. The van der Waals surface area contributed by atoms with Gasteiger partial charge in [-0.25, -0.2) is 0 Å². The second kappa shape index (κ2) is 3.98. The van der Waals surface area contributed by atoms with Crippen LogP contribution in [0.15, 0.2) is 30.5 Å². The van der Waals surface area contributed by atoms with Crippen LogP contribution in [0.25, 0.3) is 10.9 Å². The summed E-state index contributed by atoms with van der Waals surface area (Å²) >= 11 is 0. The number of amides is 1. The van der Waals surface area contributed by atoms with E-state index in [-0.39, 0.29) is 0 Å². The first kappa shape index (κ1) is 10.7. The summed E-state index contributed by atoms with van der Waals surface area (Å²) in [6.45, 7) is 2.47. The van der Waals surface area contributed by atoms with E-state index in [1.807, 2.05) is 35.9 Å². The first-order chi connectivity index (χ1) is 7.58. The van der Waals surface area contributed by atoms with E-state index < -0.39 is 11.9 Å². The maximum absolute atomic E-state index is 10.9. The quantitative estimate of drug-likeness (QED) is 0.796. The van der Waals surface area contributed by atoms with Crippen LogP contribution < -0.4 is 11.5 Å². The summed E-state index contributed by atoms with van der Waals surface area (Å²) in [6, 6.07) is 7.53. The summed E-state index contributed by atoms with van der Waals surface area (Å²) in [7, 11) is 0. The maximum atomic E-state index is 10.9. The Hall–Kier alpha value is -1.81. The van der Waals surface area contributed by atoms with E-state index in [1.165, 1.54) is 5.56 Å². The fourth-order valence-corrected chi connectivity index (χ4v) is 1.78. The van der Waals surface area contributed by atoms with Crippen LogP contribution in [0.1, 0.15) is 5.56 Å². The predicted molar refractivity (Wildman–Crippen MR) is 63.8 cm³/mol. The van der Waals surface area contributed by atoms with Crippen LogP contribution in [0.3, 0.4) is 0 Å². The molecule has 4 heteroatoms. The van der Waals surface area contributed by atoms with Crippen LogP contribution >= 0.6 is 0 Å². The lowest BCUT2D eigenvalue weighted by Crippen LogP contribution is -2.39. The minimum absolute atomic E-state index is 0.419. The second-order valence-electron chi connectivity index (χ2n) is 4.04. The highest BCUT2D eigenvalue weighted by atomic mass is 16.1. The van der Waals surface area contributed by atoms with Crippen LogP contribution in [-0.2, 0) is 11.3 Å². The first-order valence-electron chi connectivity index (χ1n) is 5.18. The zero-order valence-electron chi connectivity index (χ0n) is 9.18. The number of hydrogen-bond acceptors (Lipinski definition) is 2. The van der Waals surface area contributed by atoms with Gasteiger partial charge in [0.2, 0.25) is 5.91 Å². The number of nitrogens with zero attached hydrogens (tertiary/aromatic N) is 1. The highest BCUT2D eigenvalue weighted by Crippen LogP contribution is 2.17. The summed E-state index contributed by atoms with van der Waals surface area (Å²) in [5.41, 5.74) is 13.1. The number of primary amides is 1. The van der Waals surface area contributed by atoms with Gasteiger partial charge in [-0.1, -0.05) is 11.6 Å². The maximum Gasteiger partial charge on any atom is 0.236 e. The highest BCUT2D eigenvalue weighted by Gasteiger charge is 2.11. The number of aromatic nitrogens is 1. The fraction of sp³-hybridized carbons (Fsp3) is 0.250. The Morgan fingerprint density at radius 1 is 1.44 bits per heavy atom. The number of hydrogen-bond donors (Lipinski definition) is 2. The topological polar surface area (TPSA) is 74.0 Å². The van der Waals surface area contributed by atoms with Gasteiger partial charge in [-0.3, -0.25) is 4.79 Å². The Kier molecular flexibility index (Phi) is 2.66. The third-order valence-corrected chi connectivity index (χ3v) is 2.69. The molecule has 1 unspecified atom stereocenters. The molecule has 0 aliphatic heterocycles. The third-order valence-electron chi connectivity index (χ3n) is 2.69. The van der Waals surface area contributed by atoms with E-state index in [2.05, 4.69) is 6.07 Å². The van der Waals surface area contributed by atoms with Gasteiger partial charge in [-0.2, -0.15) is 0 Å². The Balaban J connectivity index is 2.35. The molecule has 0 aliphatic rings. The molecule has 2 aromatic rings. The zero-order chi connectivity index (χ0) is 11.7. The normalized spacial score (nSPS) is 12.9. The number of aryl methyl sites for hydroxylation is 1. The van der Waals surface area contributed by atoms with Crippen LogP contribution in [0.4, 0.5) is 0 Å². The molecule has 0 saturated heterocycles. The van der Waals surface area contributed by atoms with Gasteiger partial charge in [0.1, 0.15) is 6.04 Å². The Labute approximate surface area is 93.8 Å². The van der Waals surface area contributed by atoms with Crippen LogP contribution in [-0.4, -0.2) is 16.5 Å². The van der Waals surface area contributed by atoms with E-state index in [0.29, 0.717) is 6.54 Å². The van der Waals surface area contributed by atoms with Gasteiger partial charge in [-0.15, -0.1) is 0 Å². The van der Waals surface area contributed by atoms with Gasteiger partial charge in [0.15, 0.2) is 0 Å². The van der Waals surface area contributed by atoms with Crippen molar-refractivity contribution in [3.63, 3.8) is 0 Å². The lowest BCUT2D eigenvalue weighted by Gasteiger charge is -2.10. The summed E-state index contributed by atoms with van der Waals surface area (Å²) in [5.74, 6) is -0.478. The summed E-state index contributed by atoms with van der Waals surface area (Å²) < 4.78 is 1.95. The molecule has 0 bridgehead atoms. The molecular formula is C12H15N3O. The van der Waals surface area contributed by atoms with E-state index in [1.54, 1.807) is 0 Å². The Bertz CT molecular complexity index is 530. The first-order valence-corrected chi connectivity index (χ1v) is 5.18. The summed E-state index contributed by atoms with van der Waals surface area (Å²) in [4.78, 5) is 10.9. The number of benzene rings is 1. The molecule has 0 radical (unpaired) electrons. The van der Waals surface area contributed by atoms with Crippen LogP contribution in [0.5, 0.6) is 0 Å². The van der Waals surface area contributed by atoms with Crippen molar-refractivity contribution in [2.24, 2.45) is 11.5 Å². The molecule has 0 aliphatic carbocycles. The molecule has 1 aromatic heterocycles. The van der Waals surface area contributed by atoms with Crippen LogP contribution in [0, 0.1) is 6.92 Å². The summed E-state index contributed by atoms with van der Waals surface area (Å²) in [5, 5.41) is 1.15.